The van der Waals surface area contributed by atoms with Crippen molar-refractivity contribution in [1.82, 2.24) is 0 Å². The van der Waals surface area contributed by atoms with Crippen LogP contribution < -0.4 is 4.74 Å². The highest BCUT2D eigenvalue weighted by Gasteiger charge is 2.21. The highest BCUT2D eigenvalue weighted by Crippen LogP contribution is 2.35. The van der Waals surface area contributed by atoms with Gasteiger partial charge in [0.25, 0.3) is 0 Å². The van der Waals surface area contributed by atoms with Gasteiger partial charge in [0, 0.05) is 22.2 Å². The van der Waals surface area contributed by atoms with Crippen LogP contribution in [0.4, 0.5) is 8.78 Å². The average Bonchev–Trinajstić information content (AvgIpc) is 2.36. The van der Waals surface area contributed by atoms with Crippen LogP contribution in [0.1, 0.15) is 22.1 Å². The Hall–Kier alpha value is -1.13. The molecule has 2 aromatic carbocycles. The van der Waals surface area contributed by atoms with E-state index in [9.17, 15) is 8.78 Å². The Morgan fingerprint density at radius 3 is 2.20 bits per heavy atom. The van der Waals surface area contributed by atoms with Gasteiger partial charge in [-0.2, -0.15) is 0 Å². The fourth-order valence-electron chi connectivity index (χ4n) is 2.00. The second-order valence-corrected chi connectivity index (χ2v) is 5.78. The SMILES string of the molecule is COc1cc(F)c(C(Cl)c2cc(C)cc(Br)c2)c(F)c1. The van der Waals surface area contributed by atoms with Crippen LogP contribution in [0.2, 0.25) is 0 Å². The van der Waals surface area contributed by atoms with Gasteiger partial charge in [0.1, 0.15) is 17.4 Å². The topological polar surface area (TPSA) is 9.23 Å². The third-order valence-electron chi connectivity index (χ3n) is 2.90. The van der Waals surface area contributed by atoms with Crippen molar-refractivity contribution in [1.29, 1.82) is 0 Å². The Kier molecular flexibility index (Phi) is 4.66. The molecule has 0 aliphatic carbocycles. The van der Waals surface area contributed by atoms with Crippen molar-refractivity contribution >= 4 is 27.5 Å². The monoisotopic (exact) mass is 360 g/mol. The van der Waals surface area contributed by atoms with Crippen LogP contribution in [0.25, 0.3) is 0 Å². The summed E-state index contributed by atoms with van der Waals surface area (Å²) in [6.07, 6.45) is 0. The lowest BCUT2D eigenvalue weighted by Gasteiger charge is -2.14. The smallest absolute Gasteiger partial charge is 0.134 e. The number of methoxy groups -OCH3 is 1. The first-order valence-electron chi connectivity index (χ1n) is 5.86. The van der Waals surface area contributed by atoms with E-state index in [1.54, 1.807) is 12.1 Å². The van der Waals surface area contributed by atoms with Crippen molar-refractivity contribution in [3.8, 4) is 5.75 Å². The normalized spacial score (nSPS) is 12.3. The molecular weight excluding hydrogens is 350 g/mol. The number of aryl methyl sites for hydroxylation is 1. The van der Waals surface area contributed by atoms with Gasteiger partial charge >= 0.3 is 0 Å². The van der Waals surface area contributed by atoms with Crippen molar-refractivity contribution in [3.63, 3.8) is 0 Å². The maximum absolute atomic E-state index is 14.0. The van der Waals surface area contributed by atoms with Crippen LogP contribution in [-0.2, 0) is 0 Å². The van der Waals surface area contributed by atoms with Crippen molar-refractivity contribution < 1.29 is 13.5 Å². The first-order valence-corrected chi connectivity index (χ1v) is 7.09. The minimum absolute atomic E-state index is 0.123. The van der Waals surface area contributed by atoms with Crippen LogP contribution in [0.15, 0.2) is 34.8 Å². The molecule has 2 rings (SSSR count). The Balaban J connectivity index is 2.50. The van der Waals surface area contributed by atoms with Crippen LogP contribution in [0.3, 0.4) is 0 Å². The van der Waals surface area contributed by atoms with Gasteiger partial charge < -0.3 is 4.74 Å². The van der Waals surface area contributed by atoms with Crippen molar-refractivity contribution in [2.45, 2.75) is 12.3 Å². The van der Waals surface area contributed by atoms with Crippen LogP contribution in [0.5, 0.6) is 5.75 Å². The molecule has 0 aliphatic heterocycles. The summed E-state index contributed by atoms with van der Waals surface area (Å²) in [4.78, 5) is 0. The summed E-state index contributed by atoms with van der Waals surface area (Å²) in [5.41, 5.74) is 1.40. The molecular formula is C15H12BrClF2O. The number of rotatable bonds is 3. The highest BCUT2D eigenvalue weighted by atomic mass is 79.9. The average molecular weight is 362 g/mol. The summed E-state index contributed by atoms with van der Waals surface area (Å²) in [6, 6.07) is 7.68. The number of ether oxygens (including phenoxy) is 1. The van der Waals surface area contributed by atoms with E-state index < -0.39 is 17.0 Å². The van der Waals surface area contributed by atoms with Crippen LogP contribution >= 0.6 is 27.5 Å². The predicted molar refractivity (Wildman–Crippen MR) is 79.5 cm³/mol. The van der Waals surface area contributed by atoms with Crippen molar-refractivity contribution in [3.05, 3.63) is 63.1 Å². The van der Waals surface area contributed by atoms with Gasteiger partial charge in [-0.1, -0.05) is 22.0 Å². The molecule has 20 heavy (non-hydrogen) atoms. The molecule has 0 aromatic heterocycles. The molecule has 1 unspecified atom stereocenters. The summed E-state index contributed by atoms with van der Waals surface area (Å²) in [7, 11) is 1.35. The van der Waals surface area contributed by atoms with E-state index in [-0.39, 0.29) is 11.3 Å². The summed E-state index contributed by atoms with van der Waals surface area (Å²) >= 11 is 9.59. The second-order valence-electron chi connectivity index (χ2n) is 4.43. The zero-order valence-corrected chi connectivity index (χ0v) is 13.2. The number of benzene rings is 2. The van der Waals surface area contributed by atoms with Crippen LogP contribution in [-0.4, -0.2) is 7.11 Å². The fourth-order valence-corrected chi connectivity index (χ4v) is 2.96. The third-order valence-corrected chi connectivity index (χ3v) is 3.83. The van der Waals surface area contributed by atoms with E-state index in [0.29, 0.717) is 5.56 Å². The largest absolute Gasteiger partial charge is 0.497 e. The molecule has 0 saturated carbocycles. The Labute approximate surface area is 129 Å². The fraction of sp³-hybridized carbons (Fsp3) is 0.200. The molecule has 0 fully saturated rings. The van der Waals surface area contributed by atoms with Gasteiger partial charge in [-0.25, -0.2) is 8.78 Å². The van der Waals surface area contributed by atoms with E-state index in [2.05, 4.69) is 15.9 Å². The lowest BCUT2D eigenvalue weighted by molar-refractivity contribution is 0.405. The van der Waals surface area contributed by atoms with E-state index in [4.69, 9.17) is 16.3 Å². The van der Waals surface area contributed by atoms with E-state index >= 15 is 0 Å². The second kappa shape index (κ2) is 6.10. The van der Waals surface area contributed by atoms with Gasteiger partial charge in [-0.05, 0) is 30.2 Å². The molecule has 0 amide bonds. The number of halogens is 4. The molecule has 106 valence electrons. The minimum atomic E-state index is -0.905. The Morgan fingerprint density at radius 1 is 1.10 bits per heavy atom. The molecule has 0 aliphatic rings. The molecule has 0 spiro atoms. The van der Waals surface area contributed by atoms with Gasteiger partial charge in [0.15, 0.2) is 0 Å². The molecule has 1 atom stereocenters. The molecule has 0 heterocycles. The molecule has 0 N–H and O–H groups in total. The summed E-state index contributed by atoms with van der Waals surface area (Å²) in [5.74, 6) is -1.32. The summed E-state index contributed by atoms with van der Waals surface area (Å²) in [6.45, 7) is 1.89. The lowest BCUT2D eigenvalue weighted by atomic mass is 10.0. The molecule has 0 radical (unpaired) electrons. The van der Waals surface area contributed by atoms with Gasteiger partial charge in [-0.15, -0.1) is 11.6 Å². The zero-order valence-electron chi connectivity index (χ0n) is 10.9. The molecule has 1 nitrogen and oxygen atoms in total. The summed E-state index contributed by atoms with van der Waals surface area (Å²) < 4.78 is 33.7. The predicted octanol–water partition coefficient (Wildman–Crippen LogP) is 5.37. The number of alkyl halides is 1. The van der Waals surface area contributed by atoms with E-state index in [0.717, 1.165) is 22.2 Å². The van der Waals surface area contributed by atoms with Gasteiger partial charge in [0.2, 0.25) is 0 Å². The standard InChI is InChI=1S/C15H12BrClF2O/c1-8-3-9(5-10(16)4-8)15(17)14-12(18)6-11(20-2)7-13(14)19/h3-7,15H,1-2H3. The highest BCUT2D eigenvalue weighted by molar-refractivity contribution is 9.10. The van der Waals surface area contributed by atoms with Gasteiger partial charge in [-0.3, -0.25) is 0 Å². The molecule has 0 bridgehead atoms. The first-order chi connectivity index (χ1) is 9.42. The molecule has 2 aromatic rings. The number of hydrogen-bond acceptors (Lipinski definition) is 1. The zero-order chi connectivity index (χ0) is 14.9. The van der Waals surface area contributed by atoms with Crippen molar-refractivity contribution in [2.24, 2.45) is 0 Å². The quantitative estimate of drug-likeness (QED) is 0.668. The van der Waals surface area contributed by atoms with Crippen molar-refractivity contribution in [2.75, 3.05) is 7.11 Å². The summed E-state index contributed by atoms with van der Waals surface area (Å²) in [5, 5.41) is -0.905. The number of hydrogen-bond donors (Lipinski definition) is 0. The van der Waals surface area contributed by atoms with E-state index in [1.807, 2.05) is 13.0 Å². The van der Waals surface area contributed by atoms with E-state index in [1.165, 1.54) is 7.11 Å². The van der Waals surface area contributed by atoms with Gasteiger partial charge in [0.05, 0.1) is 12.5 Å². The lowest BCUT2D eigenvalue weighted by Crippen LogP contribution is -2.02. The Morgan fingerprint density at radius 2 is 1.70 bits per heavy atom. The molecule has 0 saturated heterocycles. The first kappa shape index (κ1) is 15.3. The third kappa shape index (κ3) is 3.13. The maximum atomic E-state index is 14.0. The van der Waals surface area contributed by atoms with Crippen LogP contribution in [0, 0.1) is 18.6 Å². The Bertz CT molecular complexity index is 603. The minimum Gasteiger partial charge on any atom is -0.497 e. The molecule has 5 heteroatoms. The maximum Gasteiger partial charge on any atom is 0.134 e.